The lowest BCUT2D eigenvalue weighted by molar-refractivity contribution is 0.111. The molecule has 2 rings (SSSR count). The predicted molar refractivity (Wildman–Crippen MR) is 54.1 cm³/mol. The summed E-state index contributed by atoms with van der Waals surface area (Å²) in [7, 11) is 0. The van der Waals surface area contributed by atoms with E-state index >= 15 is 0 Å². The standard InChI is InChI=1S/C9H12ClN3O/c10-9-8(11)6(5-12-13-9)4-7-2-1-3-14-7/h5,7H,1-4H2,(H2,11,12). The number of rotatable bonds is 2. The number of nitrogens with zero attached hydrogens (tertiary/aromatic N) is 2. The van der Waals surface area contributed by atoms with E-state index in [0.29, 0.717) is 5.69 Å². The summed E-state index contributed by atoms with van der Waals surface area (Å²) in [4.78, 5) is 0. The average Bonchev–Trinajstić information content (AvgIpc) is 2.66. The van der Waals surface area contributed by atoms with Crippen LogP contribution in [0.4, 0.5) is 5.69 Å². The zero-order chi connectivity index (χ0) is 9.97. The van der Waals surface area contributed by atoms with Gasteiger partial charge in [-0.3, -0.25) is 0 Å². The molecule has 1 aromatic heterocycles. The molecule has 14 heavy (non-hydrogen) atoms. The lowest BCUT2D eigenvalue weighted by Crippen LogP contribution is -2.11. The lowest BCUT2D eigenvalue weighted by Gasteiger charge is -2.10. The van der Waals surface area contributed by atoms with Gasteiger partial charge in [0.05, 0.1) is 18.0 Å². The third-order valence-corrected chi connectivity index (χ3v) is 2.68. The molecule has 2 N–H and O–H groups in total. The molecule has 1 aromatic rings. The second-order valence-electron chi connectivity index (χ2n) is 3.41. The number of halogens is 1. The zero-order valence-corrected chi connectivity index (χ0v) is 8.50. The van der Waals surface area contributed by atoms with Gasteiger partial charge >= 0.3 is 0 Å². The number of nitrogens with two attached hydrogens (primary N) is 1. The normalized spacial score (nSPS) is 21.4. The monoisotopic (exact) mass is 213 g/mol. The van der Waals surface area contributed by atoms with Crippen molar-refractivity contribution in [1.82, 2.24) is 10.2 Å². The second kappa shape index (κ2) is 4.11. The maximum absolute atomic E-state index is 5.77. The molecule has 5 heteroatoms. The lowest BCUT2D eigenvalue weighted by atomic mass is 10.1. The van der Waals surface area contributed by atoms with E-state index in [1.165, 1.54) is 0 Å². The van der Waals surface area contributed by atoms with Gasteiger partial charge in [0.25, 0.3) is 0 Å². The molecule has 1 aliphatic rings. The van der Waals surface area contributed by atoms with Crippen molar-refractivity contribution in [2.45, 2.75) is 25.4 Å². The Morgan fingerprint density at radius 1 is 1.64 bits per heavy atom. The molecule has 1 aliphatic heterocycles. The summed E-state index contributed by atoms with van der Waals surface area (Å²) in [5, 5.41) is 7.71. The molecular formula is C9H12ClN3O. The van der Waals surface area contributed by atoms with Gasteiger partial charge in [0.1, 0.15) is 0 Å². The molecular weight excluding hydrogens is 202 g/mol. The van der Waals surface area contributed by atoms with E-state index in [1.807, 2.05) is 0 Å². The van der Waals surface area contributed by atoms with Crippen molar-refractivity contribution < 1.29 is 4.74 Å². The fourth-order valence-corrected chi connectivity index (χ4v) is 1.78. The fraction of sp³-hybridized carbons (Fsp3) is 0.556. The van der Waals surface area contributed by atoms with Crippen molar-refractivity contribution in [1.29, 1.82) is 0 Å². The van der Waals surface area contributed by atoms with E-state index in [4.69, 9.17) is 22.1 Å². The summed E-state index contributed by atoms with van der Waals surface area (Å²) in [5.74, 6) is 0. The van der Waals surface area contributed by atoms with Crippen LogP contribution in [0.5, 0.6) is 0 Å². The smallest absolute Gasteiger partial charge is 0.174 e. The number of hydrogen-bond acceptors (Lipinski definition) is 4. The van der Waals surface area contributed by atoms with Crippen molar-refractivity contribution in [3.8, 4) is 0 Å². The molecule has 1 unspecified atom stereocenters. The van der Waals surface area contributed by atoms with Crippen LogP contribution >= 0.6 is 11.6 Å². The first-order chi connectivity index (χ1) is 6.77. The Morgan fingerprint density at radius 2 is 2.50 bits per heavy atom. The van der Waals surface area contributed by atoms with E-state index < -0.39 is 0 Å². The van der Waals surface area contributed by atoms with Crippen molar-refractivity contribution >= 4 is 17.3 Å². The Kier molecular flexibility index (Phi) is 2.84. The SMILES string of the molecule is Nc1c(CC2CCCO2)cnnc1Cl. The van der Waals surface area contributed by atoms with Gasteiger partial charge in [-0.15, -0.1) is 5.10 Å². The summed E-state index contributed by atoms with van der Waals surface area (Å²) in [6, 6.07) is 0. The van der Waals surface area contributed by atoms with Crippen LogP contribution < -0.4 is 5.73 Å². The number of aromatic nitrogens is 2. The molecule has 2 heterocycles. The molecule has 0 bridgehead atoms. The highest BCUT2D eigenvalue weighted by atomic mass is 35.5. The van der Waals surface area contributed by atoms with Crippen LogP contribution in [-0.4, -0.2) is 22.9 Å². The first-order valence-electron chi connectivity index (χ1n) is 4.64. The van der Waals surface area contributed by atoms with Crippen LogP contribution in [0.25, 0.3) is 0 Å². The Labute approximate surface area is 87.4 Å². The van der Waals surface area contributed by atoms with Gasteiger partial charge in [-0.05, 0) is 12.8 Å². The van der Waals surface area contributed by atoms with Gasteiger partial charge in [0, 0.05) is 18.6 Å². The van der Waals surface area contributed by atoms with Crippen molar-refractivity contribution in [3.63, 3.8) is 0 Å². The van der Waals surface area contributed by atoms with Gasteiger partial charge < -0.3 is 10.5 Å². The molecule has 4 nitrogen and oxygen atoms in total. The topological polar surface area (TPSA) is 61.0 Å². The first kappa shape index (κ1) is 9.68. The quantitative estimate of drug-likeness (QED) is 0.808. The summed E-state index contributed by atoms with van der Waals surface area (Å²) >= 11 is 5.76. The molecule has 76 valence electrons. The van der Waals surface area contributed by atoms with E-state index in [0.717, 1.165) is 31.4 Å². The second-order valence-corrected chi connectivity index (χ2v) is 3.77. The molecule has 0 amide bonds. The molecule has 0 aliphatic carbocycles. The van der Waals surface area contributed by atoms with Gasteiger partial charge in [-0.25, -0.2) is 0 Å². The molecule has 1 saturated heterocycles. The largest absolute Gasteiger partial charge is 0.396 e. The third kappa shape index (κ3) is 1.96. The third-order valence-electron chi connectivity index (χ3n) is 2.40. The van der Waals surface area contributed by atoms with Crippen molar-refractivity contribution in [3.05, 3.63) is 16.9 Å². The zero-order valence-electron chi connectivity index (χ0n) is 7.74. The molecule has 1 atom stereocenters. The number of nitrogen functional groups attached to an aromatic ring is 1. The van der Waals surface area contributed by atoms with Crippen LogP contribution in [0.3, 0.4) is 0 Å². The Morgan fingerprint density at radius 3 is 3.21 bits per heavy atom. The van der Waals surface area contributed by atoms with Gasteiger partial charge in [0.2, 0.25) is 0 Å². The van der Waals surface area contributed by atoms with E-state index in [1.54, 1.807) is 6.20 Å². The van der Waals surface area contributed by atoms with Crippen LogP contribution in [0.2, 0.25) is 5.15 Å². The molecule has 0 aromatic carbocycles. The summed E-state index contributed by atoms with van der Waals surface area (Å²) in [6.45, 7) is 0.844. The van der Waals surface area contributed by atoms with Crippen molar-refractivity contribution in [2.75, 3.05) is 12.3 Å². The van der Waals surface area contributed by atoms with Gasteiger partial charge in [0.15, 0.2) is 5.15 Å². The summed E-state index contributed by atoms with van der Waals surface area (Å²) < 4.78 is 5.50. The Bertz CT molecular complexity index is 326. The maximum atomic E-state index is 5.77. The molecule has 0 spiro atoms. The predicted octanol–water partition coefficient (Wildman–Crippen LogP) is 1.43. The van der Waals surface area contributed by atoms with Crippen LogP contribution in [0.1, 0.15) is 18.4 Å². The summed E-state index contributed by atoms with van der Waals surface area (Å²) in [6.07, 6.45) is 4.90. The van der Waals surface area contributed by atoms with Crippen LogP contribution in [0, 0.1) is 0 Å². The number of ether oxygens (including phenoxy) is 1. The Hall–Kier alpha value is -0.870. The molecule has 1 fully saturated rings. The average molecular weight is 214 g/mol. The minimum Gasteiger partial charge on any atom is -0.396 e. The van der Waals surface area contributed by atoms with Crippen LogP contribution in [-0.2, 0) is 11.2 Å². The van der Waals surface area contributed by atoms with E-state index in [9.17, 15) is 0 Å². The Balaban J connectivity index is 2.11. The summed E-state index contributed by atoms with van der Waals surface area (Å²) in [5.41, 5.74) is 7.22. The highest BCUT2D eigenvalue weighted by molar-refractivity contribution is 6.31. The number of anilines is 1. The van der Waals surface area contributed by atoms with E-state index in [2.05, 4.69) is 10.2 Å². The number of hydrogen-bond donors (Lipinski definition) is 1. The first-order valence-corrected chi connectivity index (χ1v) is 5.02. The highest BCUT2D eigenvalue weighted by Gasteiger charge is 2.18. The van der Waals surface area contributed by atoms with Crippen LogP contribution in [0.15, 0.2) is 6.20 Å². The molecule has 0 saturated carbocycles. The van der Waals surface area contributed by atoms with Crippen molar-refractivity contribution in [2.24, 2.45) is 0 Å². The maximum Gasteiger partial charge on any atom is 0.174 e. The fourth-order valence-electron chi connectivity index (χ4n) is 1.62. The van der Waals surface area contributed by atoms with E-state index in [-0.39, 0.29) is 11.3 Å². The minimum absolute atomic E-state index is 0.262. The van der Waals surface area contributed by atoms with Gasteiger partial charge in [-0.2, -0.15) is 5.10 Å². The molecule has 0 radical (unpaired) electrons. The highest BCUT2D eigenvalue weighted by Crippen LogP contribution is 2.23. The minimum atomic E-state index is 0.262. The van der Waals surface area contributed by atoms with Gasteiger partial charge in [-0.1, -0.05) is 11.6 Å².